The summed E-state index contributed by atoms with van der Waals surface area (Å²) in [6.07, 6.45) is 0. The van der Waals surface area contributed by atoms with Crippen LogP contribution in [-0.4, -0.2) is 25.1 Å². The van der Waals surface area contributed by atoms with E-state index in [-0.39, 0.29) is 27.3 Å². The molecule has 0 saturated heterocycles. The molecular formula is C12H9Br2ClN4S. The van der Waals surface area contributed by atoms with E-state index in [0.717, 1.165) is 33.0 Å². The number of H-pyrrole nitrogens is 1. The van der Waals surface area contributed by atoms with Gasteiger partial charge in [-0.15, -0.1) is 16.3 Å². The summed E-state index contributed by atoms with van der Waals surface area (Å²) < 4.78 is 1.79. The molecule has 0 spiro atoms. The minimum atomic E-state index is -0.136. The number of nitrogens with one attached hydrogen (secondary N) is 1. The zero-order chi connectivity index (χ0) is 13.0. The Labute approximate surface area is 143 Å². The summed E-state index contributed by atoms with van der Waals surface area (Å²) in [4.78, 5) is 7.96. The van der Waals surface area contributed by atoms with Gasteiger partial charge in [-0.2, -0.15) is 0 Å². The Morgan fingerprint density at radius 3 is 3.05 bits per heavy atom. The SMILES string of the molecule is ClC(Br)C1CSc2nc3[nH]c4ccccc4c3n[n+]21.[Br-]. The molecular weight excluding hydrogens is 427 g/mol. The van der Waals surface area contributed by atoms with Gasteiger partial charge in [-0.3, -0.25) is 0 Å². The van der Waals surface area contributed by atoms with Crippen LogP contribution in [0, 0.1) is 0 Å². The predicted octanol–water partition coefficient (Wildman–Crippen LogP) is 0.00920. The van der Waals surface area contributed by atoms with Crippen molar-refractivity contribution >= 4 is 61.4 Å². The highest BCUT2D eigenvalue weighted by Crippen LogP contribution is 2.32. The monoisotopic (exact) mass is 434 g/mol. The molecule has 0 aliphatic carbocycles. The number of alkyl halides is 2. The van der Waals surface area contributed by atoms with E-state index in [4.69, 9.17) is 16.7 Å². The van der Waals surface area contributed by atoms with Crippen molar-refractivity contribution in [1.29, 1.82) is 0 Å². The van der Waals surface area contributed by atoms with Gasteiger partial charge in [-0.1, -0.05) is 39.2 Å². The minimum Gasteiger partial charge on any atom is -1.00 e. The molecule has 2 unspecified atom stereocenters. The van der Waals surface area contributed by atoms with Crippen molar-refractivity contribution in [2.24, 2.45) is 0 Å². The van der Waals surface area contributed by atoms with Gasteiger partial charge in [0.05, 0.1) is 11.3 Å². The molecule has 0 fully saturated rings. The zero-order valence-electron chi connectivity index (χ0n) is 10.1. The number of para-hydroxylation sites is 1. The first-order valence-corrected chi connectivity index (χ1v) is 8.19. The second-order valence-corrected chi connectivity index (χ2v) is 7.39. The van der Waals surface area contributed by atoms with Gasteiger partial charge in [0.25, 0.3) is 5.65 Å². The summed E-state index contributed by atoms with van der Waals surface area (Å²) in [6, 6.07) is 8.24. The van der Waals surface area contributed by atoms with Gasteiger partial charge in [-0.05, 0) is 22.8 Å². The number of benzene rings is 1. The summed E-state index contributed by atoms with van der Waals surface area (Å²) in [5.74, 6) is 0.893. The van der Waals surface area contributed by atoms with Crippen molar-refractivity contribution in [3.8, 4) is 0 Å². The molecule has 0 bridgehead atoms. The van der Waals surface area contributed by atoms with Crippen molar-refractivity contribution in [2.45, 2.75) is 15.5 Å². The van der Waals surface area contributed by atoms with Crippen molar-refractivity contribution in [2.75, 3.05) is 5.75 Å². The number of hydrogen-bond acceptors (Lipinski definition) is 3. The summed E-state index contributed by atoms with van der Waals surface area (Å²) in [7, 11) is 0. The van der Waals surface area contributed by atoms with Crippen LogP contribution in [0.25, 0.3) is 22.1 Å². The zero-order valence-corrected chi connectivity index (χ0v) is 14.8. The fraction of sp³-hybridized carbons (Fsp3) is 0.250. The summed E-state index contributed by atoms with van der Waals surface area (Å²) in [5.41, 5.74) is 2.79. The van der Waals surface area contributed by atoms with E-state index in [1.165, 1.54) is 0 Å². The normalized spacial score (nSPS) is 19.0. The third-order valence-electron chi connectivity index (χ3n) is 3.26. The first kappa shape index (κ1) is 14.6. The number of thioether (sulfide) groups is 1. The van der Waals surface area contributed by atoms with Crippen molar-refractivity contribution < 1.29 is 21.7 Å². The number of rotatable bonds is 1. The number of nitrogens with zero attached hydrogens (tertiary/aromatic N) is 3. The van der Waals surface area contributed by atoms with Crippen LogP contribution < -0.4 is 21.7 Å². The highest BCUT2D eigenvalue weighted by atomic mass is 79.9. The molecule has 1 aliphatic heterocycles. The summed E-state index contributed by atoms with van der Waals surface area (Å²) in [6.45, 7) is 0. The van der Waals surface area contributed by atoms with Gasteiger partial charge < -0.3 is 22.0 Å². The van der Waals surface area contributed by atoms with E-state index in [2.05, 4.69) is 32.0 Å². The standard InChI is InChI=1S/C12H8BrClN4S.BrH/c13-10(14)8-5-19-12-16-11-9(17-18(8)12)6-3-1-2-4-7(6)15-11;/h1-4,8,10H,5H2;1H. The van der Waals surface area contributed by atoms with E-state index < -0.39 is 0 Å². The van der Waals surface area contributed by atoms with E-state index in [1.54, 1.807) is 11.8 Å². The number of halogens is 3. The molecule has 1 aromatic carbocycles. The first-order chi connectivity index (χ1) is 9.24. The van der Waals surface area contributed by atoms with E-state index in [0.29, 0.717) is 0 Å². The number of aromatic amines is 1. The minimum absolute atomic E-state index is 0. The molecule has 1 N–H and O–H groups in total. The van der Waals surface area contributed by atoms with Crippen LogP contribution >= 0.6 is 39.3 Å². The highest BCUT2D eigenvalue weighted by molar-refractivity contribution is 9.10. The molecule has 3 heterocycles. The Kier molecular flexibility index (Phi) is 3.96. The molecule has 4 nitrogen and oxygen atoms in total. The Hall–Kier alpha value is -0.370. The lowest BCUT2D eigenvalue weighted by atomic mass is 10.2. The lowest BCUT2D eigenvalue weighted by Crippen LogP contribution is -3.00. The van der Waals surface area contributed by atoms with Crippen LogP contribution in [0.2, 0.25) is 0 Å². The van der Waals surface area contributed by atoms with Gasteiger partial charge in [-0.25, -0.2) is 0 Å². The molecule has 2 atom stereocenters. The van der Waals surface area contributed by atoms with Crippen molar-refractivity contribution in [1.82, 2.24) is 15.1 Å². The predicted molar refractivity (Wildman–Crippen MR) is 79.9 cm³/mol. The van der Waals surface area contributed by atoms with Crippen LogP contribution in [0.4, 0.5) is 0 Å². The molecule has 0 radical (unpaired) electrons. The van der Waals surface area contributed by atoms with E-state index >= 15 is 0 Å². The molecule has 8 heteroatoms. The maximum absolute atomic E-state index is 6.16. The van der Waals surface area contributed by atoms with Crippen LogP contribution in [0.3, 0.4) is 0 Å². The Balaban J connectivity index is 0.00000121. The Bertz CT molecular complexity index is 792. The molecule has 104 valence electrons. The lowest BCUT2D eigenvalue weighted by molar-refractivity contribution is -0.799. The van der Waals surface area contributed by atoms with Gasteiger partial charge in [0.15, 0.2) is 11.6 Å². The largest absolute Gasteiger partial charge is 1.00 e. The lowest BCUT2D eigenvalue weighted by Gasteiger charge is -2.06. The van der Waals surface area contributed by atoms with E-state index in [1.807, 2.05) is 22.9 Å². The number of hydrogen-bond donors (Lipinski definition) is 1. The van der Waals surface area contributed by atoms with Gasteiger partial charge >= 0.3 is 5.16 Å². The third-order valence-corrected chi connectivity index (χ3v) is 5.20. The highest BCUT2D eigenvalue weighted by Gasteiger charge is 2.38. The van der Waals surface area contributed by atoms with Crippen LogP contribution in [0.5, 0.6) is 0 Å². The molecule has 4 rings (SSSR count). The fourth-order valence-electron chi connectivity index (χ4n) is 2.32. The average molecular weight is 437 g/mol. The number of aromatic nitrogens is 4. The second-order valence-electron chi connectivity index (χ2n) is 4.42. The van der Waals surface area contributed by atoms with Gasteiger partial charge in [0.2, 0.25) is 0 Å². The molecule has 20 heavy (non-hydrogen) atoms. The quantitative estimate of drug-likeness (QED) is 0.432. The molecule has 3 aromatic rings. The van der Waals surface area contributed by atoms with Crippen LogP contribution in [0.15, 0.2) is 29.4 Å². The first-order valence-electron chi connectivity index (χ1n) is 5.85. The second kappa shape index (κ2) is 5.44. The molecule has 1 aliphatic rings. The Morgan fingerprint density at radius 2 is 2.25 bits per heavy atom. The smallest absolute Gasteiger partial charge is 0.382 e. The number of fused-ring (bicyclic) bond motifs is 4. The van der Waals surface area contributed by atoms with E-state index in [9.17, 15) is 0 Å². The van der Waals surface area contributed by atoms with Crippen LogP contribution in [-0.2, 0) is 0 Å². The summed E-state index contributed by atoms with van der Waals surface area (Å²) >= 11 is 11.3. The molecule has 0 amide bonds. The summed E-state index contributed by atoms with van der Waals surface area (Å²) in [5, 5.41) is 6.74. The average Bonchev–Trinajstić information content (AvgIpc) is 2.96. The third kappa shape index (κ3) is 2.15. The molecule has 0 saturated carbocycles. The van der Waals surface area contributed by atoms with Crippen molar-refractivity contribution in [3.05, 3.63) is 24.3 Å². The van der Waals surface area contributed by atoms with Crippen LogP contribution in [0.1, 0.15) is 6.04 Å². The maximum atomic E-state index is 6.16. The Morgan fingerprint density at radius 1 is 1.45 bits per heavy atom. The van der Waals surface area contributed by atoms with Gasteiger partial charge in [0.1, 0.15) is 4.29 Å². The fourth-order valence-corrected chi connectivity index (χ4v) is 4.39. The van der Waals surface area contributed by atoms with Gasteiger partial charge in [0, 0.05) is 5.39 Å². The topological polar surface area (TPSA) is 45.5 Å². The maximum Gasteiger partial charge on any atom is 0.382 e. The van der Waals surface area contributed by atoms with Crippen molar-refractivity contribution in [3.63, 3.8) is 0 Å². The molecule has 2 aromatic heterocycles.